The zero-order valence-corrected chi connectivity index (χ0v) is 7.26. The van der Waals surface area contributed by atoms with Crippen LogP contribution in [0, 0.1) is 11.6 Å². The van der Waals surface area contributed by atoms with Crippen molar-refractivity contribution < 1.29 is 13.5 Å². The van der Waals surface area contributed by atoms with E-state index in [2.05, 4.69) is 0 Å². The van der Waals surface area contributed by atoms with Crippen LogP contribution in [0.25, 0.3) is 0 Å². The van der Waals surface area contributed by atoms with Crippen molar-refractivity contribution in [3.05, 3.63) is 42.0 Å². The van der Waals surface area contributed by atoms with Crippen molar-refractivity contribution in [3.8, 4) is 5.75 Å². The first-order valence-electron chi connectivity index (χ1n) is 3.93. The van der Waals surface area contributed by atoms with E-state index in [9.17, 15) is 8.78 Å². The molecular formula is C10H10F2O. The average Bonchev–Trinajstić information content (AvgIpc) is 2.13. The van der Waals surface area contributed by atoms with E-state index < -0.39 is 11.6 Å². The molecule has 0 unspecified atom stereocenters. The van der Waals surface area contributed by atoms with E-state index in [-0.39, 0.29) is 12.4 Å². The average molecular weight is 184 g/mol. The fourth-order valence-corrected chi connectivity index (χ4v) is 0.830. The molecule has 1 aromatic carbocycles. The van der Waals surface area contributed by atoms with Gasteiger partial charge in [-0.3, -0.25) is 0 Å². The Balaban J connectivity index is 2.71. The normalized spacial score (nSPS) is 10.7. The molecule has 0 radical (unpaired) electrons. The van der Waals surface area contributed by atoms with Gasteiger partial charge in [-0.05, 0) is 19.1 Å². The minimum atomic E-state index is -0.938. The van der Waals surface area contributed by atoms with Gasteiger partial charge in [0.15, 0.2) is 11.6 Å². The highest BCUT2D eigenvalue weighted by Gasteiger charge is 2.06. The van der Waals surface area contributed by atoms with Crippen LogP contribution in [0.15, 0.2) is 30.4 Å². The van der Waals surface area contributed by atoms with Gasteiger partial charge in [-0.1, -0.05) is 18.2 Å². The predicted octanol–water partition coefficient (Wildman–Crippen LogP) is 2.92. The molecule has 0 saturated heterocycles. The maximum atomic E-state index is 12.9. The first-order valence-corrected chi connectivity index (χ1v) is 3.93. The lowest BCUT2D eigenvalue weighted by Gasteiger charge is -2.03. The summed E-state index contributed by atoms with van der Waals surface area (Å²) in [6.45, 7) is 2.07. The molecule has 70 valence electrons. The van der Waals surface area contributed by atoms with Crippen molar-refractivity contribution in [2.75, 3.05) is 6.61 Å². The lowest BCUT2D eigenvalue weighted by Crippen LogP contribution is -1.97. The van der Waals surface area contributed by atoms with Gasteiger partial charge in [-0.2, -0.15) is 4.39 Å². The number of hydrogen-bond donors (Lipinski definition) is 0. The van der Waals surface area contributed by atoms with E-state index in [1.165, 1.54) is 12.1 Å². The van der Waals surface area contributed by atoms with Crippen molar-refractivity contribution in [1.82, 2.24) is 0 Å². The Hall–Kier alpha value is -1.38. The van der Waals surface area contributed by atoms with Crippen LogP contribution < -0.4 is 4.74 Å². The van der Waals surface area contributed by atoms with Gasteiger partial charge in [0.2, 0.25) is 5.82 Å². The van der Waals surface area contributed by atoms with E-state index in [1.54, 1.807) is 12.2 Å². The summed E-state index contributed by atoms with van der Waals surface area (Å²) in [6, 6.07) is 3.85. The number of hydrogen-bond acceptors (Lipinski definition) is 1. The minimum Gasteiger partial charge on any atom is -0.486 e. The molecule has 1 nitrogen and oxygen atoms in total. The SMILES string of the molecule is C/C=C/COc1cccc(F)c1F. The third-order valence-electron chi connectivity index (χ3n) is 1.49. The van der Waals surface area contributed by atoms with E-state index >= 15 is 0 Å². The third kappa shape index (κ3) is 2.54. The van der Waals surface area contributed by atoms with Gasteiger partial charge in [0.1, 0.15) is 6.61 Å². The molecule has 1 aromatic rings. The standard InChI is InChI=1S/C10H10F2O/c1-2-3-7-13-9-6-4-5-8(11)10(9)12/h2-6H,7H2,1H3/b3-2+. The first kappa shape index (κ1) is 9.71. The second kappa shape index (κ2) is 4.60. The van der Waals surface area contributed by atoms with Gasteiger partial charge >= 0.3 is 0 Å². The Morgan fingerprint density at radius 3 is 2.85 bits per heavy atom. The fourth-order valence-electron chi connectivity index (χ4n) is 0.830. The van der Waals surface area contributed by atoms with Gasteiger partial charge in [-0.25, -0.2) is 4.39 Å². The minimum absolute atomic E-state index is 0.0573. The topological polar surface area (TPSA) is 9.23 Å². The van der Waals surface area contributed by atoms with Crippen LogP contribution >= 0.6 is 0 Å². The Bertz CT molecular complexity index is 308. The molecule has 0 aromatic heterocycles. The maximum Gasteiger partial charge on any atom is 0.200 e. The first-order chi connectivity index (χ1) is 6.25. The van der Waals surface area contributed by atoms with Gasteiger partial charge < -0.3 is 4.74 Å². The zero-order chi connectivity index (χ0) is 9.68. The summed E-state index contributed by atoms with van der Waals surface area (Å²) >= 11 is 0. The molecule has 3 heteroatoms. The Kier molecular flexibility index (Phi) is 3.43. The molecule has 0 spiro atoms. The molecule has 0 heterocycles. The molecule has 0 atom stereocenters. The van der Waals surface area contributed by atoms with Crippen molar-refractivity contribution in [1.29, 1.82) is 0 Å². The van der Waals surface area contributed by atoms with E-state index in [0.29, 0.717) is 0 Å². The third-order valence-corrected chi connectivity index (χ3v) is 1.49. The summed E-state index contributed by atoms with van der Waals surface area (Å²) in [6.07, 6.45) is 3.49. The van der Waals surface area contributed by atoms with Crippen LogP contribution in [0.1, 0.15) is 6.92 Å². The lowest BCUT2D eigenvalue weighted by molar-refractivity contribution is 0.332. The Morgan fingerprint density at radius 2 is 2.15 bits per heavy atom. The second-order valence-corrected chi connectivity index (χ2v) is 2.43. The van der Waals surface area contributed by atoms with Crippen molar-refractivity contribution >= 4 is 0 Å². The fraction of sp³-hybridized carbons (Fsp3) is 0.200. The predicted molar refractivity (Wildman–Crippen MR) is 46.7 cm³/mol. The largest absolute Gasteiger partial charge is 0.486 e. The number of benzene rings is 1. The van der Waals surface area contributed by atoms with Gasteiger partial charge in [0.25, 0.3) is 0 Å². The molecule has 0 aliphatic rings. The molecule has 13 heavy (non-hydrogen) atoms. The molecule has 0 aliphatic carbocycles. The van der Waals surface area contributed by atoms with Crippen molar-refractivity contribution in [3.63, 3.8) is 0 Å². The highest BCUT2D eigenvalue weighted by atomic mass is 19.2. The zero-order valence-electron chi connectivity index (χ0n) is 7.26. The molecule has 1 rings (SSSR count). The van der Waals surface area contributed by atoms with Crippen LogP contribution in [0.5, 0.6) is 5.75 Å². The van der Waals surface area contributed by atoms with Crippen LogP contribution in [-0.4, -0.2) is 6.61 Å². The second-order valence-electron chi connectivity index (χ2n) is 2.43. The number of allylic oxidation sites excluding steroid dienone is 1. The number of rotatable bonds is 3. The quantitative estimate of drug-likeness (QED) is 0.656. The van der Waals surface area contributed by atoms with Crippen LogP contribution in [0.4, 0.5) is 8.78 Å². The van der Waals surface area contributed by atoms with Gasteiger partial charge in [0.05, 0.1) is 0 Å². The van der Waals surface area contributed by atoms with Crippen molar-refractivity contribution in [2.45, 2.75) is 6.92 Å². The van der Waals surface area contributed by atoms with Crippen LogP contribution in [0.3, 0.4) is 0 Å². The summed E-state index contributed by atoms with van der Waals surface area (Å²) in [5, 5.41) is 0. The smallest absolute Gasteiger partial charge is 0.200 e. The summed E-state index contributed by atoms with van der Waals surface area (Å²) in [5.74, 6) is -1.89. The van der Waals surface area contributed by atoms with Crippen LogP contribution in [-0.2, 0) is 0 Å². The molecule has 0 amide bonds. The molecular weight excluding hydrogens is 174 g/mol. The highest BCUT2D eigenvalue weighted by molar-refractivity contribution is 5.25. The molecule has 0 bridgehead atoms. The highest BCUT2D eigenvalue weighted by Crippen LogP contribution is 2.18. The van der Waals surface area contributed by atoms with E-state index in [4.69, 9.17) is 4.74 Å². The maximum absolute atomic E-state index is 12.9. The monoisotopic (exact) mass is 184 g/mol. The molecule has 0 saturated carbocycles. The van der Waals surface area contributed by atoms with E-state index in [1.807, 2.05) is 6.92 Å². The molecule has 0 aliphatic heterocycles. The summed E-state index contributed by atoms with van der Waals surface area (Å²) in [4.78, 5) is 0. The lowest BCUT2D eigenvalue weighted by atomic mass is 10.3. The van der Waals surface area contributed by atoms with Crippen molar-refractivity contribution in [2.24, 2.45) is 0 Å². The van der Waals surface area contributed by atoms with Gasteiger partial charge in [-0.15, -0.1) is 0 Å². The number of halogens is 2. The molecule has 0 fully saturated rings. The Labute approximate surface area is 75.6 Å². The summed E-state index contributed by atoms with van der Waals surface area (Å²) in [7, 11) is 0. The Morgan fingerprint density at radius 1 is 1.38 bits per heavy atom. The molecule has 0 N–H and O–H groups in total. The van der Waals surface area contributed by atoms with E-state index in [0.717, 1.165) is 6.07 Å². The van der Waals surface area contributed by atoms with Crippen LogP contribution in [0.2, 0.25) is 0 Å². The summed E-state index contributed by atoms with van der Waals surface area (Å²) < 4.78 is 30.5. The van der Waals surface area contributed by atoms with Gasteiger partial charge in [0, 0.05) is 0 Å². The number of ether oxygens (including phenoxy) is 1. The summed E-state index contributed by atoms with van der Waals surface area (Å²) in [5.41, 5.74) is 0.